The van der Waals surface area contributed by atoms with Crippen LogP contribution in [0.15, 0.2) is 36.4 Å². The molecule has 0 aliphatic carbocycles. The van der Waals surface area contributed by atoms with Crippen molar-refractivity contribution in [3.8, 4) is 5.75 Å². The number of phenols is 1. The maximum atomic E-state index is 9.34. The van der Waals surface area contributed by atoms with Crippen LogP contribution in [0, 0.1) is 6.07 Å². The average molecular weight is 150 g/mol. The first-order chi connectivity index (χ1) is 5.38. The second-order valence-corrected chi connectivity index (χ2v) is 2.41. The van der Waals surface area contributed by atoms with Gasteiger partial charge in [-0.25, -0.2) is 0 Å². The van der Waals surface area contributed by atoms with Crippen molar-refractivity contribution in [3.63, 3.8) is 0 Å². The molecular weight excluding hydrogens is 143 g/mol. The topological polar surface area (TPSA) is 20.2 Å². The monoisotopic (exact) mass is 150 g/mol. The summed E-state index contributed by atoms with van der Waals surface area (Å²) in [6.07, 6.45) is 0. The van der Waals surface area contributed by atoms with Gasteiger partial charge in [-0.3, -0.25) is 0 Å². The van der Waals surface area contributed by atoms with E-state index in [1.165, 1.54) is 0 Å². The fourth-order valence-electron chi connectivity index (χ4n) is 1.14. The van der Waals surface area contributed by atoms with Gasteiger partial charge in [0.05, 0.1) is 0 Å². The third kappa shape index (κ3) is 1.48. The Labute approximate surface area is 83.2 Å². The number of fused-ring (bicyclic) bond motifs is 1. The van der Waals surface area contributed by atoms with Gasteiger partial charge in [-0.15, -0.1) is 35.0 Å². The summed E-state index contributed by atoms with van der Waals surface area (Å²) in [5.74, 6) is 0.295. The van der Waals surface area contributed by atoms with E-state index in [1.54, 1.807) is 12.1 Å². The molecule has 2 aromatic rings. The predicted octanol–water partition coefficient (Wildman–Crippen LogP) is -0.650. The minimum atomic E-state index is 0. The zero-order valence-electron chi connectivity index (χ0n) is 6.91. The van der Waals surface area contributed by atoms with E-state index in [1.807, 2.05) is 24.3 Å². The van der Waals surface area contributed by atoms with Gasteiger partial charge >= 0.3 is 18.9 Å². The van der Waals surface area contributed by atoms with Crippen LogP contribution in [0.1, 0.15) is 0 Å². The van der Waals surface area contributed by atoms with Gasteiger partial charge in [-0.1, -0.05) is 18.2 Å². The normalized spacial score (nSPS) is 9.33. The van der Waals surface area contributed by atoms with Crippen LogP contribution in [-0.2, 0) is 0 Å². The first-order valence-corrected chi connectivity index (χ1v) is 3.46. The quantitative estimate of drug-likeness (QED) is 0.391. The summed E-state index contributed by atoms with van der Waals surface area (Å²) in [4.78, 5) is 0. The second kappa shape index (κ2) is 3.67. The van der Waals surface area contributed by atoms with Crippen molar-refractivity contribution < 1.29 is 24.0 Å². The van der Waals surface area contributed by atoms with E-state index in [-0.39, 0.29) is 18.9 Å². The SMILES string of the molecule is Oc1cccc2ccc[c-]c12.[Li+]. The number of aromatic hydroxyl groups is 1. The molecule has 0 amide bonds. The van der Waals surface area contributed by atoms with E-state index >= 15 is 0 Å². The summed E-state index contributed by atoms with van der Waals surface area (Å²) in [7, 11) is 0. The van der Waals surface area contributed by atoms with Gasteiger partial charge in [-0.2, -0.15) is 0 Å². The molecule has 1 N–H and O–H groups in total. The smallest absolute Gasteiger partial charge is 0.551 e. The molecule has 0 heterocycles. The molecule has 1 nitrogen and oxygen atoms in total. The van der Waals surface area contributed by atoms with Gasteiger partial charge in [0.1, 0.15) is 0 Å². The molecule has 2 aromatic carbocycles. The van der Waals surface area contributed by atoms with E-state index in [0.29, 0.717) is 5.75 Å². The molecule has 12 heavy (non-hydrogen) atoms. The van der Waals surface area contributed by atoms with Gasteiger partial charge in [0.25, 0.3) is 0 Å². The van der Waals surface area contributed by atoms with Gasteiger partial charge < -0.3 is 5.11 Å². The zero-order valence-corrected chi connectivity index (χ0v) is 6.91. The summed E-state index contributed by atoms with van der Waals surface area (Å²) in [5, 5.41) is 11.1. The molecule has 2 heteroatoms. The number of phenolic OH excluding ortho intramolecular Hbond substituents is 1. The molecule has 54 valence electrons. The van der Waals surface area contributed by atoms with E-state index in [4.69, 9.17) is 0 Å². The standard InChI is InChI=1S/C10H7O.Li/c11-10-7-3-5-8-4-1-2-6-9(8)10;/h1-5,7,11H;/q-1;+1. The fourth-order valence-corrected chi connectivity index (χ4v) is 1.14. The summed E-state index contributed by atoms with van der Waals surface area (Å²) >= 11 is 0. The van der Waals surface area contributed by atoms with Gasteiger partial charge in [-0.05, 0) is 0 Å². The molecule has 0 aliphatic rings. The van der Waals surface area contributed by atoms with Crippen LogP contribution >= 0.6 is 0 Å². The minimum Gasteiger partial charge on any atom is -0.551 e. The molecule has 0 atom stereocenters. The first-order valence-electron chi connectivity index (χ1n) is 3.46. The van der Waals surface area contributed by atoms with Crippen LogP contribution in [0.4, 0.5) is 0 Å². The Morgan fingerprint density at radius 3 is 2.58 bits per heavy atom. The van der Waals surface area contributed by atoms with E-state index in [2.05, 4.69) is 6.07 Å². The van der Waals surface area contributed by atoms with Crippen LogP contribution in [-0.4, -0.2) is 5.11 Å². The van der Waals surface area contributed by atoms with E-state index < -0.39 is 0 Å². The largest absolute Gasteiger partial charge is 1.00 e. The van der Waals surface area contributed by atoms with Crippen LogP contribution in [0.25, 0.3) is 10.8 Å². The second-order valence-electron chi connectivity index (χ2n) is 2.41. The van der Waals surface area contributed by atoms with Crippen LogP contribution in [0.5, 0.6) is 5.75 Å². The minimum absolute atomic E-state index is 0. The number of rotatable bonds is 0. The maximum Gasteiger partial charge on any atom is 1.00 e. The van der Waals surface area contributed by atoms with Crippen molar-refractivity contribution in [1.29, 1.82) is 0 Å². The molecule has 0 unspecified atom stereocenters. The molecular formula is C10H7LiO. The maximum absolute atomic E-state index is 9.34. The van der Waals surface area contributed by atoms with E-state index in [0.717, 1.165) is 10.8 Å². The van der Waals surface area contributed by atoms with Crippen LogP contribution < -0.4 is 18.9 Å². The zero-order chi connectivity index (χ0) is 7.68. The molecule has 0 spiro atoms. The van der Waals surface area contributed by atoms with Gasteiger partial charge in [0.15, 0.2) is 0 Å². The summed E-state index contributed by atoms with van der Waals surface area (Å²) in [6.45, 7) is 0. The molecule has 0 aliphatic heterocycles. The van der Waals surface area contributed by atoms with Crippen molar-refractivity contribution in [2.45, 2.75) is 0 Å². The fraction of sp³-hybridized carbons (Fsp3) is 0. The van der Waals surface area contributed by atoms with Crippen molar-refractivity contribution in [2.75, 3.05) is 0 Å². The van der Waals surface area contributed by atoms with Crippen molar-refractivity contribution >= 4 is 10.8 Å². The van der Waals surface area contributed by atoms with E-state index in [9.17, 15) is 5.11 Å². The third-order valence-corrected chi connectivity index (χ3v) is 1.67. The Bertz CT molecular complexity index is 379. The Kier molecular flexibility index (Phi) is 2.81. The molecule has 0 radical (unpaired) electrons. The van der Waals surface area contributed by atoms with Crippen molar-refractivity contribution in [1.82, 2.24) is 0 Å². The summed E-state index contributed by atoms with van der Waals surface area (Å²) < 4.78 is 0. The van der Waals surface area contributed by atoms with Gasteiger partial charge in [0.2, 0.25) is 0 Å². The molecule has 0 fully saturated rings. The predicted molar refractivity (Wildman–Crippen MR) is 44.4 cm³/mol. The molecule has 0 aromatic heterocycles. The third-order valence-electron chi connectivity index (χ3n) is 1.67. The molecule has 0 saturated carbocycles. The van der Waals surface area contributed by atoms with Crippen molar-refractivity contribution in [2.24, 2.45) is 0 Å². The van der Waals surface area contributed by atoms with Crippen LogP contribution in [0.3, 0.4) is 0 Å². The van der Waals surface area contributed by atoms with Gasteiger partial charge in [0, 0.05) is 5.75 Å². The Hall–Kier alpha value is -0.903. The number of hydrogen-bond acceptors (Lipinski definition) is 1. The Balaban J connectivity index is 0.000000720. The average Bonchev–Trinajstić information content (AvgIpc) is 2.06. The number of hydrogen-bond donors (Lipinski definition) is 1. The molecule has 2 rings (SSSR count). The summed E-state index contributed by atoms with van der Waals surface area (Å²) in [5.41, 5.74) is 0. The van der Waals surface area contributed by atoms with Crippen molar-refractivity contribution in [3.05, 3.63) is 42.5 Å². The summed E-state index contributed by atoms with van der Waals surface area (Å²) in [6, 6.07) is 14.1. The molecule has 0 bridgehead atoms. The molecule has 0 saturated heterocycles. The Morgan fingerprint density at radius 2 is 1.83 bits per heavy atom. The number of benzene rings is 2. The Morgan fingerprint density at radius 1 is 1.08 bits per heavy atom. The van der Waals surface area contributed by atoms with Crippen LogP contribution in [0.2, 0.25) is 0 Å². The first kappa shape index (κ1) is 9.19.